The van der Waals surface area contributed by atoms with Crippen LogP contribution < -0.4 is 5.32 Å². The molecule has 2 aromatic carbocycles. The van der Waals surface area contributed by atoms with Crippen molar-refractivity contribution in [3.63, 3.8) is 0 Å². The molecular weight excluding hydrogens is 322 g/mol. The highest BCUT2D eigenvalue weighted by Crippen LogP contribution is 2.18. The number of rotatable bonds is 3. The Kier molecular flexibility index (Phi) is 4.20. The lowest BCUT2D eigenvalue weighted by atomic mass is 10.1. The Hall–Kier alpha value is -2.14. The number of anilines is 1. The van der Waals surface area contributed by atoms with Crippen LogP contribution in [0.1, 0.15) is 26.3 Å². The van der Waals surface area contributed by atoms with Crippen LogP contribution in [0.15, 0.2) is 46.9 Å². The zero-order valence-electron chi connectivity index (χ0n) is 10.7. The van der Waals surface area contributed by atoms with Crippen molar-refractivity contribution in [2.45, 2.75) is 6.92 Å². The number of amides is 1. The largest absolute Gasteiger partial charge is 0.478 e. The minimum absolute atomic E-state index is 0.183. The highest BCUT2D eigenvalue weighted by Gasteiger charge is 2.10. The molecule has 4 nitrogen and oxygen atoms in total. The molecule has 1 amide bonds. The number of carbonyl (C=O) groups excluding carboxylic acids is 1. The number of nitrogens with one attached hydrogen (secondary N) is 1. The van der Waals surface area contributed by atoms with E-state index in [0.717, 1.165) is 10.0 Å². The molecule has 0 unspecified atom stereocenters. The third-order valence-corrected chi connectivity index (χ3v) is 3.32. The average Bonchev–Trinajstić information content (AvgIpc) is 2.39. The highest BCUT2D eigenvalue weighted by atomic mass is 79.9. The van der Waals surface area contributed by atoms with Crippen molar-refractivity contribution in [1.82, 2.24) is 0 Å². The molecular formula is C15H12BrNO3. The van der Waals surface area contributed by atoms with Crippen LogP contribution in [0.4, 0.5) is 5.69 Å². The lowest BCUT2D eigenvalue weighted by Crippen LogP contribution is -2.13. The maximum Gasteiger partial charge on any atom is 0.335 e. The topological polar surface area (TPSA) is 66.4 Å². The Morgan fingerprint density at radius 3 is 2.30 bits per heavy atom. The van der Waals surface area contributed by atoms with Crippen molar-refractivity contribution in [1.29, 1.82) is 0 Å². The van der Waals surface area contributed by atoms with Crippen LogP contribution in [0.3, 0.4) is 0 Å². The molecule has 0 heterocycles. The van der Waals surface area contributed by atoms with Crippen LogP contribution in [0.2, 0.25) is 0 Å². The fourth-order valence-corrected chi connectivity index (χ4v) is 2.25. The van der Waals surface area contributed by atoms with Crippen molar-refractivity contribution >= 4 is 33.5 Å². The van der Waals surface area contributed by atoms with Gasteiger partial charge in [0.25, 0.3) is 5.91 Å². The van der Waals surface area contributed by atoms with Crippen molar-refractivity contribution in [2.24, 2.45) is 0 Å². The maximum atomic E-state index is 12.1. The summed E-state index contributed by atoms with van der Waals surface area (Å²) in [6.45, 7) is 1.85. The quantitative estimate of drug-likeness (QED) is 0.899. The molecule has 2 rings (SSSR count). The van der Waals surface area contributed by atoms with Gasteiger partial charge in [-0.3, -0.25) is 4.79 Å². The van der Waals surface area contributed by atoms with Crippen LogP contribution in [0, 0.1) is 6.92 Å². The predicted molar refractivity (Wildman–Crippen MR) is 80.2 cm³/mol. The number of aryl methyl sites for hydroxylation is 1. The summed E-state index contributed by atoms with van der Waals surface area (Å²) in [5.74, 6) is -1.22. The van der Waals surface area contributed by atoms with Crippen LogP contribution in [0.25, 0.3) is 0 Å². The van der Waals surface area contributed by atoms with E-state index in [1.807, 2.05) is 13.0 Å². The van der Waals surface area contributed by atoms with Crippen LogP contribution >= 0.6 is 15.9 Å². The van der Waals surface area contributed by atoms with Crippen LogP contribution in [0.5, 0.6) is 0 Å². The monoisotopic (exact) mass is 333 g/mol. The molecule has 0 saturated carbocycles. The second-order valence-electron chi connectivity index (χ2n) is 4.30. The SMILES string of the molecule is Cc1cc(Br)ccc1C(=O)Nc1ccc(C(=O)O)cc1. The normalized spacial score (nSPS) is 10.1. The summed E-state index contributed by atoms with van der Waals surface area (Å²) in [7, 11) is 0. The van der Waals surface area contributed by atoms with Gasteiger partial charge < -0.3 is 10.4 Å². The van der Waals surface area contributed by atoms with E-state index in [4.69, 9.17) is 5.11 Å². The summed E-state index contributed by atoms with van der Waals surface area (Å²) in [6.07, 6.45) is 0. The number of carboxylic acid groups (broad SMARTS) is 1. The summed E-state index contributed by atoms with van der Waals surface area (Å²) in [6, 6.07) is 11.4. The Labute approximate surface area is 124 Å². The zero-order chi connectivity index (χ0) is 14.7. The summed E-state index contributed by atoms with van der Waals surface area (Å²) < 4.78 is 0.914. The molecule has 0 aliphatic rings. The predicted octanol–water partition coefficient (Wildman–Crippen LogP) is 3.71. The van der Waals surface area contributed by atoms with E-state index >= 15 is 0 Å². The van der Waals surface area contributed by atoms with Crippen molar-refractivity contribution in [3.8, 4) is 0 Å². The first-order valence-electron chi connectivity index (χ1n) is 5.88. The molecule has 0 atom stereocenters. The standard InChI is InChI=1S/C15H12BrNO3/c1-9-8-11(16)4-7-13(9)14(18)17-12-5-2-10(3-6-12)15(19)20/h2-8H,1H3,(H,17,18)(H,19,20). The third-order valence-electron chi connectivity index (χ3n) is 2.82. The van der Waals surface area contributed by atoms with Gasteiger partial charge in [-0.2, -0.15) is 0 Å². The Bertz CT molecular complexity index is 665. The van der Waals surface area contributed by atoms with Gasteiger partial charge in [-0.05, 0) is 55.0 Å². The molecule has 20 heavy (non-hydrogen) atoms. The third kappa shape index (κ3) is 3.24. The summed E-state index contributed by atoms with van der Waals surface area (Å²) in [4.78, 5) is 22.9. The highest BCUT2D eigenvalue weighted by molar-refractivity contribution is 9.10. The van der Waals surface area contributed by atoms with Gasteiger partial charge in [0.2, 0.25) is 0 Å². The smallest absolute Gasteiger partial charge is 0.335 e. The number of hydrogen-bond donors (Lipinski definition) is 2. The second kappa shape index (κ2) is 5.88. The molecule has 0 spiro atoms. The van der Waals surface area contributed by atoms with E-state index in [9.17, 15) is 9.59 Å². The lowest BCUT2D eigenvalue weighted by molar-refractivity contribution is 0.0696. The van der Waals surface area contributed by atoms with Gasteiger partial charge in [-0.25, -0.2) is 4.79 Å². The van der Waals surface area contributed by atoms with Crippen molar-refractivity contribution < 1.29 is 14.7 Å². The van der Waals surface area contributed by atoms with E-state index in [-0.39, 0.29) is 11.5 Å². The van der Waals surface area contributed by atoms with Gasteiger partial charge in [0, 0.05) is 15.7 Å². The van der Waals surface area contributed by atoms with E-state index in [1.165, 1.54) is 12.1 Å². The first-order valence-corrected chi connectivity index (χ1v) is 6.67. The number of benzene rings is 2. The molecule has 0 fully saturated rings. The molecule has 0 bridgehead atoms. The Balaban J connectivity index is 2.17. The fraction of sp³-hybridized carbons (Fsp3) is 0.0667. The van der Waals surface area contributed by atoms with Crippen molar-refractivity contribution in [2.75, 3.05) is 5.32 Å². The van der Waals surface area contributed by atoms with Gasteiger partial charge in [0.15, 0.2) is 0 Å². The zero-order valence-corrected chi connectivity index (χ0v) is 12.3. The van der Waals surface area contributed by atoms with Gasteiger partial charge >= 0.3 is 5.97 Å². The first kappa shape index (κ1) is 14.3. The summed E-state index contributed by atoms with van der Waals surface area (Å²) in [5, 5.41) is 11.5. The lowest BCUT2D eigenvalue weighted by Gasteiger charge is -2.08. The van der Waals surface area contributed by atoms with E-state index in [2.05, 4.69) is 21.2 Å². The average molecular weight is 334 g/mol. The molecule has 2 N–H and O–H groups in total. The number of hydrogen-bond acceptors (Lipinski definition) is 2. The molecule has 0 saturated heterocycles. The van der Waals surface area contributed by atoms with Crippen LogP contribution in [-0.4, -0.2) is 17.0 Å². The van der Waals surface area contributed by atoms with Gasteiger partial charge in [0.05, 0.1) is 5.56 Å². The molecule has 5 heteroatoms. The number of aromatic carboxylic acids is 1. The first-order chi connectivity index (χ1) is 9.47. The maximum absolute atomic E-state index is 12.1. The molecule has 0 radical (unpaired) electrons. The fourth-order valence-electron chi connectivity index (χ4n) is 1.78. The van der Waals surface area contributed by atoms with Crippen LogP contribution in [-0.2, 0) is 0 Å². The van der Waals surface area contributed by atoms with E-state index in [0.29, 0.717) is 11.3 Å². The van der Waals surface area contributed by atoms with E-state index < -0.39 is 5.97 Å². The Morgan fingerprint density at radius 2 is 1.75 bits per heavy atom. The molecule has 102 valence electrons. The Morgan fingerprint density at radius 1 is 1.10 bits per heavy atom. The molecule has 0 aliphatic carbocycles. The van der Waals surface area contributed by atoms with Gasteiger partial charge in [-0.1, -0.05) is 15.9 Å². The van der Waals surface area contributed by atoms with Gasteiger partial charge in [0.1, 0.15) is 0 Å². The molecule has 0 aliphatic heterocycles. The second-order valence-corrected chi connectivity index (χ2v) is 5.21. The molecule has 2 aromatic rings. The summed E-state index contributed by atoms with van der Waals surface area (Å²) in [5.41, 5.74) is 2.18. The number of halogens is 1. The summed E-state index contributed by atoms with van der Waals surface area (Å²) >= 11 is 3.35. The molecule has 0 aromatic heterocycles. The van der Waals surface area contributed by atoms with E-state index in [1.54, 1.807) is 24.3 Å². The number of carboxylic acids is 1. The van der Waals surface area contributed by atoms with Crippen molar-refractivity contribution in [3.05, 3.63) is 63.6 Å². The number of carbonyl (C=O) groups is 2. The van der Waals surface area contributed by atoms with Gasteiger partial charge in [-0.15, -0.1) is 0 Å². The minimum atomic E-state index is -0.994. The minimum Gasteiger partial charge on any atom is -0.478 e.